The van der Waals surface area contributed by atoms with Gasteiger partial charge in [0.2, 0.25) is 0 Å². The molecule has 1 atom stereocenters. The van der Waals surface area contributed by atoms with Gasteiger partial charge in [0.25, 0.3) is 0 Å². The molecule has 0 saturated heterocycles. The van der Waals surface area contributed by atoms with Crippen LogP contribution in [0.2, 0.25) is 0 Å². The predicted molar refractivity (Wildman–Crippen MR) is 88.5 cm³/mol. The van der Waals surface area contributed by atoms with E-state index in [-0.39, 0.29) is 5.75 Å². The number of halogens is 3. The van der Waals surface area contributed by atoms with E-state index in [1.54, 1.807) is 12.1 Å². The molecule has 0 radical (unpaired) electrons. The fraction of sp³-hybridized carbons (Fsp3) is 0.200. The fourth-order valence-corrected chi connectivity index (χ4v) is 3.01. The Kier molecular flexibility index (Phi) is 5.40. The van der Waals surface area contributed by atoms with Gasteiger partial charge in [-0.2, -0.15) is 0 Å². The molecular formula is C15H13BrFIO2. The predicted octanol–water partition coefficient (Wildman–Crippen LogP) is 4.48. The molecule has 20 heavy (non-hydrogen) atoms. The van der Waals surface area contributed by atoms with Crippen LogP contribution >= 0.6 is 38.5 Å². The standard InChI is InChI=1S/C15H13BrFIO2/c1-20-15-5-2-9(6-12(15)17)7-14(19)11-8-10(16)3-4-13(11)18/h2-6,8,14,19H,7H2,1H3. The van der Waals surface area contributed by atoms with Crippen LogP contribution in [0, 0.1) is 9.39 Å². The molecule has 0 amide bonds. The van der Waals surface area contributed by atoms with E-state index in [0.29, 0.717) is 6.42 Å². The monoisotopic (exact) mass is 450 g/mol. The Bertz CT molecular complexity index is 619. The molecule has 0 aliphatic heterocycles. The van der Waals surface area contributed by atoms with Gasteiger partial charge in [-0.25, -0.2) is 4.39 Å². The quantitative estimate of drug-likeness (QED) is 0.696. The van der Waals surface area contributed by atoms with Crippen molar-refractivity contribution in [3.8, 4) is 5.75 Å². The summed E-state index contributed by atoms with van der Waals surface area (Å²) in [6, 6.07) is 10.5. The van der Waals surface area contributed by atoms with Gasteiger partial charge in [0, 0.05) is 14.5 Å². The van der Waals surface area contributed by atoms with Crippen molar-refractivity contribution < 1.29 is 14.2 Å². The molecule has 2 nitrogen and oxygen atoms in total. The number of aliphatic hydroxyl groups excluding tert-OH is 1. The lowest BCUT2D eigenvalue weighted by molar-refractivity contribution is 0.177. The first-order valence-electron chi connectivity index (χ1n) is 5.96. The van der Waals surface area contributed by atoms with E-state index in [1.807, 2.05) is 18.2 Å². The summed E-state index contributed by atoms with van der Waals surface area (Å²) in [5.41, 5.74) is 1.56. The van der Waals surface area contributed by atoms with Gasteiger partial charge in [0.15, 0.2) is 11.6 Å². The first-order chi connectivity index (χ1) is 9.51. The molecule has 0 saturated carbocycles. The van der Waals surface area contributed by atoms with Gasteiger partial charge in [0.05, 0.1) is 13.2 Å². The third kappa shape index (κ3) is 3.71. The van der Waals surface area contributed by atoms with Gasteiger partial charge in [-0.1, -0.05) is 22.0 Å². The van der Waals surface area contributed by atoms with E-state index < -0.39 is 11.9 Å². The maximum absolute atomic E-state index is 13.6. The Morgan fingerprint density at radius 1 is 1.30 bits per heavy atom. The number of methoxy groups -OCH3 is 1. The highest BCUT2D eigenvalue weighted by Crippen LogP contribution is 2.27. The van der Waals surface area contributed by atoms with Crippen LogP contribution in [0.25, 0.3) is 0 Å². The van der Waals surface area contributed by atoms with Crippen LogP contribution in [0.3, 0.4) is 0 Å². The average Bonchev–Trinajstić information content (AvgIpc) is 2.41. The van der Waals surface area contributed by atoms with Crippen molar-refractivity contribution >= 4 is 38.5 Å². The minimum Gasteiger partial charge on any atom is -0.494 e. The normalized spacial score (nSPS) is 12.2. The molecule has 0 heterocycles. The second-order valence-electron chi connectivity index (χ2n) is 4.35. The second kappa shape index (κ2) is 6.87. The molecular weight excluding hydrogens is 438 g/mol. The summed E-state index contributed by atoms with van der Waals surface area (Å²) < 4.78 is 20.4. The van der Waals surface area contributed by atoms with Crippen LogP contribution in [0.5, 0.6) is 5.75 Å². The highest BCUT2D eigenvalue weighted by Gasteiger charge is 2.14. The molecule has 2 aromatic rings. The Morgan fingerprint density at radius 3 is 2.70 bits per heavy atom. The highest BCUT2D eigenvalue weighted by molar-refractivity contribution is 14.1. The van der Waals surface area contributed by atoms with E-state index in [9.17, 15) is 9.50 Å². The van der Waals surface area contributed by atoms with Crippen molar-refractivity contribution in [2.75, 3.05) is 7.11 Å². The van der Waals surface area contributed by atoms with Crippen molar-refractivity contribution in [2.24, 2.45) is 0 Å². The molecule has 1 N–H and O–H groups in total. The third-order valence-corrected chi connectivity index (χ3v) is 4.44. The first-order valence-corrected chi connectivity index (χ1v) is 7.84. The number of hydrogen-bond donors (Lipinski definition) is 1. The Hall–Kier alpha value is -0.660. The van der Waals surface area contributed by atoms with Crippen LogP contribution in [-0.4, -0.2) is 12.2 Å². The van der Waals surface area contributed by atoms with Gasteiger partial charge in [-0.15, -0.1) is 0 Å². The summed E-state index contributed by atoms with van der Waals surface area (Å²) >= 11 is 5.57. The van der Waals surface area contributed by atoms with Crippen molar-refractivity contribution in [1.29, 1.82) is 0 Å². The zero-order valence-corrected chi connectivity index (χ0v) is 14.5. The lowest BCUT2D eigenvalue weighted by atomic mass is 10.0. The lowest BCUT2D eigenvalue weighted by Gasteiger charge is -2.14. The Labute approximate surface area is 139 Å². The Balaban J connectivity index is 2.21. The molecule has 0 spiro atoms. The maximum Gasteiger partial charge on any atom is 0.165 e. The van der Waals surface area contributed by atoms with Gasteiger partial charge in [0.1, 0.15) is 0 Å². The first kappa shape index (κ1) is 15.7. The van der Waals surface area contributed by atoms with Crippen LogP contribution in [-0.2, 0) is 6.42 Å². The molecule has 1 unspecified atom stereocenters. The number of ether oxygens (including phenoxy) is 1. The minimum absolute atomic E-state index is 0.209. The number of hydrogen-bond acceptors (Lipinski definition) is 2. The van der Waals surface area contributed by atoms with E-state index in [2.05, 4.69) is 38.5 Å². The topological polar surface area (TPSA) is 29.5 Å². The van der Waals surface area contributed by atoms with Gasteiger partial charge >= 0.3 is 0 Å². The molecule has 0 fully saturated rings. The summed E-state index contributed by atoms with van der Waals surface area (Å²) in [7, 11) is 1.43. The summed E-state index contributed by atoms with van der Waals surface area (Å²) in [6.07, 6.45) is -0.319. The van der Waals surface area contributed by atoms with Crippen LogP contribution < -0.4 is 4.74 Å². The summed E-state index contributed by atoms with van der Waals surface area (Å²) in [5.74, 6) is -0.207. The second-order valence-corrected chi connectivity index (χ2v) is 6.43. The SMILES string of the molecule is COc1ccc(CC(O)c2cc(Br)ccc2I)cc1F. The smallest absolute Gasteiger partial charge is 0.165 e. The van der Waals surface area contributed by atoms with Gasteiger partial charge < -0.3 is 9.84 Å². The molecule has 0 bridgehead atoms. The Morgan fingerprint density at radius 2 is 2.05 bits per heavy atom. The van der Waals surface area contributed by atoms with Crippen molar-refractivity contribution in [3.63, 3.8) is 0 Å². The van der Waals surface area contributed by atoms with Gasteiger partial charge in [-0.3, -0.25) is 0 Å². The van der Waals surface area contributed by atoms with E-state index in [4.69, 9.17) is 4.74 Å². The van der Waals surface area contributed by atoms with Gasteiger partial charge in [-0.05, 0) is 64.0 Å². The molecule has 106 valence electrons. The molecule has 5 heteroatoms. The molecule has 0 aliphatic carbocycles. The maximum atomic E-state index is 13.6. The fourth-order valence-electron chi connectivity index (χ4n) is 1.94. The molecule has 0 aromatic heterocycles. The van der Waals surface area contributed by atoms with Crippen molar-refractivity contribution in [2.45, 2.75) is 12.5 Å². The number of rotatable bonds is 4. The average molecular weight is 451 g/mol. The highest BCUT2D eigenvalue weighted by atomic mass is 127. The summed E-state index contributed by atoms with van der Waals surface area (Å²) in [4.78, 5) is 0. The number of benzene rings is 2. The lowest BCUT2D eigenvalue weighted by Crippen LogP contribution is -2.04. The van der Waals surface area contributed by atoms with Crippen molar-refractivity contribution in [1.82, 2.24) is 0 Å². The van der Waals surface area contributed by atoms with Crippen molar-refractivity contribution in [3.05, 3.63) is 61.4 Å². The number of aliphatic hydroxyl groups is 1. The minimum atomic E-state index is -0.674. The molecule has 2 rings (SSSR count). The van der Waals surface area contributed by atoms with Crippen LogP contribution in [0.1, 0.15) is 17.2 Å². The van der Waals surface area contributed by atoms with E-state index in [1.165, 1.54) is 13.2 Å². The van der Waals surface area contributed by atoms with E-state index in [0.717, 1.165) is 19.2 Å². The van der Waals surface area contributed by atoms with Crippen LogP contribution in [0.15, 0.2) is 40.9 Å². The zero-order chi connectivity index (χ0) is 14.7. The summed E-state index contributed by atoms with van der Waals surface area (Å²) in [5, 5.41) is 10.3. The molecule has 2 aromatic carbocycles. The third-order valence-electron chi connectivity index (χ3n) is 2.96. The summed E-state index contributed by atoms with van der Waals surface area (Å²) in [6.45, 7) is 0. The largest absolute Gasteiger partial charge is 0.494 e. The zero-order valence-electron chi connectivity index (χ0n) is 10.7. The van der Waals surface area contributed by atoms with E-state index >= 15 is 0 Å². The molecule has 0 aliphatic rings. The van der Waals surface area contributed by atoms with Crippen LogP contribution in [0.4, 0.5) is 4.39 Å².